The smallest absolute Gasteiger partial charge is 0.147 e. The van der Waals surface area contributed by atoms with E-state index in [0.717, 1.165) is 46.7 Å². The summed E-state index contributed by atoms with van der Waals surface area (Å²) in [5, 5.41) is 3.38. The minimum atomic E-state index is 0.501. The van der Waals surface area contributed by atoms with Gasteiger partial charge in [0.1, 0.15) is 11.6 Å². The number of rotatable bonds is 5. The average Bonchev–Trinajstić information content (AvgIpc) is 2.72. The summed E-state index contributed by atoms with van der Waals surface area (Å²) in [6.45, 7) is 2.51. The van der Waals surface area contributed by atoms with Crippen molar-refractivity contribution in [3.05, 3.63) is 71.2 Å². The Kier molecular flexibility index (Phi) is 4.98. The topological polar surface area (TPSA) is 73.1 Å². The number of pyridine rings is 2. The van der Waals surface area contributed by atoms with Crippen molar-refractivity contribution < 1.29 is 4.74 Å². The Morgan fingerprint density at radius 1 is 1.18 bits per heavy atom. The lowest BCUT2D eigenvalue weighted by Gasteiger charge is -2.17. The number of benzene rings is 1. The van der Waals surface area contributed by atoms with E-state index in [1.54, 1.807) is 7.11 Å². The van der Waals surface area contributed by atoms with E-state index in [1.165, 1.54) is 11.1 Å². The Morgan fingerprint density at radius 3 is 2.89 bits per heavy atom. The highest BCUT2D eigenvalue weighted by Gasteiger charge is 2.13. The fraction of sp³-hybridized carbons (Fsp3) is 0.217. The number of anilines is 2. The molecule has 0 radical (unpaired) electrons. The number of nitrogens with zero attached hydrogens (tertiary/aromatic N) is 2. The maximum atomic E-state index is 6.03. The predicted octanol–water partition coefficient (Wildman–Crippen LogP) is 4.61. The summed E-state index contributed by atoms with van der Waals surface area (Å²) in [6, 6.07) is 10.2. The molecule has 0 saturated heterocycles. The molecular formula is C23H24N4O. The van der Waals surface area contributed by atoms with Gasteiger partial charge in [-0.1, -0.05) is 18.2 Å². The summed E-state index contributed by atoms with van der Waals surface area (Å²) >= 11 is 0. The van der Waals surface area contributed by atoms with E-state index in [1.807, 2.05) is 37.5 Å². The molecule has 1 aromatic carbocycles. The van der Waals surface area contributed by atoms with Crippen LogP contribution in [0.5, 0.6) is 5.75 Å². The lowest BCUT2D eigenvalue weighted by Crippen LogP contribution is -2.06. The minimum absolute atomic E-state index is 0.501. The molecule has 0 aliphatic heterocycles. The van der Waals surface area contributed by atoms with Crippen LogP contribution in [0.4, 0.5) is 11.5 Å². The third-order valence-electron chi connectivity index (χ3n) is 5.06. The zero-order valence-corrected chi connectivity index (χ0v) is 16.2. The maximum Gasteiger partial charge on any atom is 0.147 e. The van der Waals surface area contributed by atoms with Crippen LogP contribution in [0.3, 0.4) is 0 Å². The monoisotopic (exact) mass is 372 g/mol. The van der Waals surface area contributed by atoms with Gasteiger partial charge in [0.2, 0.25) is 0 Å². The molecule has 2 aromatic heterocycles. The van der Waals surface area contributed by atoms with Crippen molar-refractivity contribution in [2.24, 2.45) is 0 Å². The van der Waals surface area contributed by atoms with Crippen molar-refractivity contribution in [3.8, 4) is 16.9 Å². The molecule has 0 unspecified atom stereocenters. The molecule has 0 fully saturated rings. The molecule has 0 bridgehead atoms. The standard InChI is InChI=1S/C23H24N4O/c1-15-7-9-21(23(24)27-15)26-13-18-11-16(8-10-22(18)28-2)20-14-25-12-17-5-3-4-6-19(17)20/h4,6-12,14,26H,3,5,13H2,1-2H3,(H2,24,27). The van der Waals surface area contributed by atoms with E-state index >= 15 is 0 Å². The van der Waals surface area contributed by atoms with Gasteiger partial charge in [0, 0.05) is 35.8 Å². The molecule has 2 heterocycles. The molecule has 3 N–H and O–H groups in total. The van der Waals surface area contributed by atoms with E-state index in [4.69, 9.17) is 10.5 Å². The molecule has 1 aliphatic carbocycles. The quantitative estimate of drug-likeness (QED) is 0.684. The number of nitrogens with one attached hydrogen (secondary N) is 1. The Bertz CT molecular complexity index is 1040. The van der Waals surface area contributed by atoms with Crippen molar-refractivity contribution in [1.29, 1.82) is 0 Å². The third-order valence-corrected chi connectivity index (χ3v) is 5.06. The molecule has 5 nitrogen and oxygen atoms in total. The number of hydrogen-bond acceptors (Lipinski definition) is 5. The summed E-state index contributed by atoms with van der Waals surface area (Å²) in [6.07, 6.45) is 10.5. The first kappa shape index (κ1) is 18.0. The van der Waals surface area contributed by atoms with Gasteiger partial charge in [-0.05, 0) is 60.7 Å². The highest BCUT2D eigenvalue weighted by atomic mass is 16.5. The van der Waals surface area contributed by atoms with Crippen LogP contribution in [0.2, 0.25) is 0 Å². The molecular weight excluding hydrogens is 348 g/mol. The highest BCUT2D eigenvalue weighted by Crippen LogP contribution is 2.33. The van der Waals surface area contributed by atoms with E-state index < -0.39 is 0 Å². The summed E-state index contributed by atoms with van der Waals surface area (Å²) in [7, 11) is 1.69. The lowest BCUT2D eigenvalue weighted by atomic mass is 9.91. The van der Waals surface area contributed by atoms with Gasteiger partial charge in [0.25, 0.3) is 0 Å². The van der Waals surface area contributed by atoms with Crippen LogP contribution in [-0.4, -0.2) is 17.1 Å². The van der Waals surface area contributed by atoms with Crippen molar-refractivity contribution >= 4 is 17.6 Å². The van der Waals surface area contributed by atoms with Crippen LogP contribution >= 0.6 is 0 Å². The van der Waals surface area contributed by atoms with Crippen LogP contribution in [0.15, 0.2) is 48.8 Å². The van der Waals surface area contributed by atoms with Crippen LogP contribution in [0, 0.1) is 6.92 Å². The first-order valence-corrected chi connectivity index (χ1v) is 9.43. The number of aromatic nitrogens is 2. The minimum Gasteiger partial charge on any atom is -0.496 e. The Morgan fingerprint density at radius 2 is 2.07 bits per heavy atom. The van der Waals surface area contributed by atoms with Gasteiger partial charge in [-0.3, -0.25) is 4.98 Å². The van der Waals surface area contributed by atoms with E-state index in [-0.39, 0.29) is 0 Å². The SMILES string of the molecule is COc1ccc(-c2cncc3c2C=CCC3)cc1CNc1ccc(C)nc1N. The van der Waals surface area contributed by atoms with Gasteiger partial charge in [-0.15, -0.1) is 0 Å². The number of hydrogen-bond donors (Lipinski definition) is 2. The Labute approximate surface area is 165 Å². The van der Waals surface area contributed by atoms with E-state index in [9.17, 15) is 0 Å². The molecule has 1 aliphatic rings. The van der Waals surface area contributed by atoms with Crippen LogP contribution < -0.4 is 15.8 Å². The number of aryl methyl sites for hydroxylation is 2. The molecule has 0 atom stereocenters. The number of nitrogens with two attached hydrogens (primary N) is 1. The summed E-state index contributed by atoms with van der Waals surface area (Å²) in [5.41, 5.74) is 13.6. The van der Waals surface area contributed by atoms with Crippen LogP contribution in [0.25, 0.3) is 17.2 Å². The zero-order valence-electron chi connectivity index (χ0n) is 16.2. The predicted molar refractivity (Wildman–Crippen MR) is 114 cm³/mol. The van der Waals surface area contributed by atoms with Gasteiger partial charge in [0.05, 0.1) is 12.8 Å². The second-order valence-electron chi connectivity index (χ2n) is 6.97. The molecule has 5 heteroatoms. The van der Waals surface area contributed by atoms with Gasteiger partial charge in [-0.2, -0.15) is 0 Å². The maximum absolute atomic E-state index is 6.03. The molecule has 0 amide bonds. The second kappa shape index (κ2) is 7.72. The Balaban J connectivity index is 1.66. The lowest BCUT2D eigenvalue weighted by molar-refractivity contribution is 0.410. The van der Waals surface area contributed by atoms with Crippen LogP contribution in [-0.2, 0) is 13.0 Å². The third kappa shape index (κ3) is 3.56. The number of methoxy groups -OCH3 is 1. The fourth-order valence-corrected chi connectivity index (χ4v) is 3.58. The summed E-state index contributed by atoms with van der Waals surface area (Å²) in [4.78, 5) is 8.76. The van der Waals surface area contributed by atoms with E-state index in [2.05, 4.69) is 39.6 Å². The average molecular weight is 372 g/mol. The number of nitrogen functional groups attached to an aromatic ring is 1. The van der Waals surface area contributed by atoms with Gasteiger partial charge >= 0.3 is 0 Å². The van der Waals surface area contributed by atoms with Gasteiger partial charge in [-0.25, -0.2) is 4.98 Å². The molecule has 28 heavy (non-hydrogen) atoms. The molecule has 0 spiro atoms. The molecule has 4 rings (SSSR count). The zero-order chi connectivity index (χ0) is 19.5. The second-order valence-corrected chi connectivity index (χ2v) is 6.97. The molecule has 142 valence electrons. The van der Waals surface area contributed by atoms with Crippen molar-refractivity contribution in [2.75, 3.05) is 18.2 Å². The normalized spacial score (nSPS) is 12.5. The number of allylic oxidation sites excluding steroid dienone is 1. The summed E-state index contributed by atoms with van der Waals surface area (Å²) < 4.78 is 5.57. The fourth-order valence-electron chi connectivity index (χ4n) is 3.58. The van der Waals surface area contributed by atoms with Gasteiger partial charge in [0.15, 0.2) is 0 Å². The first-order valence-electron chi connectivity index (χ1n) is 9.43. The van der Waals surface area contributed by atoms with Crippen molar-refractivity contribution in [2.45, 2.75) is 26.3 Å². The van der Waals surface area contributed by atoms with Crippen LogP contribution in [0.1, 0.15) is 28.8 Å². The number of fused-ring (bicyclic) bond motifs is 1. The summed E-state index contributed by atoms with van der Waals surface area (Å²) in [5.74, 6) is 1.34. The van der Waals surface area contributed by atoms with Gasteiger partial charge < -0.3 is 15.8 Å². The Hall–Kier alpha value is -3.34. The molecule has 0 saturated carbocycles. The van der Waals surface area contributed by atoms with Crippen molar-refractivity contribution in [1.82, 2.24) is 9.97 Å². The largest absolute Gasteiger partial charge is 0.496 e. The van der Waals surface area contributed by atoms with Crippen molar-refractivity contribution in [3.63, 3.8) is 0 Å². The molecule has 3 aromatic rings. The van der Waals surface area contributed by atoms with E-state index in [0.29, 0.717) is 12.4 Å². The number of ether oxygens (including phenoxy) is 1. The first-order chi connectivity index (χ1) is 13.7. The highest BCUT2D eigenvalue weighted by molar-refractivity contribution is 5.78.